The van der Waals surface area contributed by atoms with Crippen LogP contribution in [0.3, 0.4) is 0 Å². The fourth-order valence-electron chi connectivity index (χ4n) is 1.49. The Hall–Kier alpha value is -0.600. The van der Waals surface area contributed by atoms with E-state index < -0.39 is 22.7 Å². The summed E-state index contributed by atoms with van der Waals surface area (Å²) >= 11 is 0. The molecule has 0 heterocycles. The van der Waals surface area contributed by atoms with E-state index in [2.05, 4.69) is 6.58 Å². The molecule has 0 atom stereocenters. The standard InChI is InChI=1S/C10H19F3O3S.C3H7N/c11-10(12,13)8-6-4-2-1-3-5-7-9-17(14,15)16;1-2-3-4/h1-9H2,(H,14,15,16);2H,1,3-4H2. The second-order valence-electron chi connectivity index (χ2n) is 4.65. The lowest BCUT2D eigenvalue weighted by atomic mass is 10.1. The summed E-state index contributed by atoms with van der Waals surface area (Å²) in [7, 11) is -3.87. The summed E-state index contributed by atoms with van der Waals surface area (Å²) in [5.74, 6) is -0.235. The lowest BCUT2D eigenvalue weighted by molar-refractivity contribution is -0.135. The van der Waals surface area contributed by atoms with Crippen molar-refractivity contribution in [3.63, 3.8) is 0 Å². The molecule has 0 aromatic rings. The monoisotopic (exact) mass is 333 g/mol. The van der Waals surface area contributed by atoms with Gasteiger partial charge in [-0.3, -0.25) is 4.55 Å². The van der Waals surface area contributed by atoms with Crippen LogP contribution in [0.2, 0.25) is 0 Å². The third-order valence-corrected chi connectivity index (χ3v) is 3.33. The first-order valence-electron chi connectivity index (χ1n) is 6.95. The van der Waals surface area contributed by atoms with Gasteiger partial charge in [0.15, 0.2) is 0 Å². The van der Waals surface area contributed by atoms with E-state index in [0.29, 0.717) is 25.8 Å². The van der Waals surface area contributed by atoms with Crippen molar-refractivity contribution in [2.45, 2.75) is 57.5 Å². The van der Waals surface area contributed by atoms with Gasteiger partial charge in [-0.05, 0) is 12.8 Å². The van der Waals surface area contributed by atoms with E-state index in [1.54, 1.807) is 6.08 Å². The minimum Gasteiger partial charge on any atom is -0.327 e. The Morgan fingerprint density at radius 3 is 1.71 bits per heavy atom. The summed E-state index contributed by atoms with van der Waals surface area (Å²) < 4.78 is 64.4. The average Bonchev–Trinajstić information content (AvgIpc) is 2.34. The zero-order valence-electron chi connectivity index (χ0n) is 12.2. The quantitative estimate of drug-likeness (QED) is 0.363. The molecule has 0 saturated carbocycles. The first-order chi connectivity index (χ1) is 9.62. The maximum atomic E-state index is 11.8. The van der Waals surface area contributed by atoms with Crippen LogP contribution in [0.15, 0.2) is 12.7 Å². The highest BCUT2D eigenvalue weighted by Crippen LogP contribution is 2.23. The lowest BCUT2D eigenvalue weighted by Gasteiger charge is -2.05. The molecular formula is C13H26F3NO3S. The van der Waals surface area contributed by atoms with Gasteiger partial charge in [0.05, 0.1) is 5.75 Å². The van der Waals surface area contributed by atoms with Crippen molar-refractivity contribution in [1.82, 2.24) is 0 Å². The molecule has 0 aliphatic heterocycles. The van der Waals surface area contributed by atoms with Crippen molar-refractivity contribution in [3.05, 3.63) is 12.7 Å². The first-order valence-corrected chi connectivity index (χ1v) is 8.56. The molecular weight excluding hydrogens is 307 g/mol. The molecule has 3 N–H and O–H groups in total. The highest BCUT2D eigenvalue weighted by atomic mass is 32.2. The van der Waals surface area contributed by atoms with Crippen LogP contribution in [-0.4, -0.2) is 31.4 Å². The largest absolute Gasteiger partial charge is 0.389 e. The van der Waals surface area contributed by atoms with Crippen LogP contribution in [0.1, 0.15) is 51.4 Å². The van der Waals surface area contributed by atoms with Crippen molar-refractivity contribution in [2.75, 3.05) is 12.3 Å². The fraction of sp³-hybridized carbons (Fsp3) is 0.846. The van der Waals surface area contributed by atoms with E-state index >= 15 is 0 Å². The van der Waals surface area contributed by atoms with Gasteiger partial charge in [0.25, 0.3) is 10.1 Å². The van der Waals surface area contributed by atoms with E-state index in [4.69, 9.17) is 10.3 Å². The minimum absolute atomic E-state index is 0.161. The Balaban J connectivity index is 0. The molecule has 0 aliphatic rings. The molecule has 0 radical (unpaired) electrons. The number of nitrogens with two attached hydrogens (primary N) is 1. The molecule has 0 saturated heterocycles. The molecule has 0 spiro atoms. The van der Waals surface area contributed by atoms with Crippen molar-refractivity contribution < 1.29 is 26.1 Å². The third-order valence-electron chi connectivity index (χ3n) is 2.53. The van der Waals surface area contributed by atoms with Gasteiger partial charge >= 0.3 is 6.18 Å². The number of alkyl halides is 3. The Morgan fingerprint density at radius 2 is 1.38 bits per heavy atom. The van der Waals surface area contributed by atoms with Gasteiger partial charge in [-0.15, -0.1) is 6.58 Å². The van der Waals surface area contributed by atoms with Gasteiger partial charge < -0.3 is 5.73 Å². The molecule has 0 rings (SSSR count). The number of rotatable bonds is 10. The van der Waals surface area contributed by atoms with Gasteiger partial charge in [0.2, 0.25) is 0 Å². The maximum Gasteiger partial charge on any atom is 0.389 e. The van der Waals surface area contributed by atoms with Crippen LogP contribution < -0.4 is 5.73 Å². The molecule has 0 fully saturated rings. The second-order valence-corrected chi connectivity index (χ2v) is 6.22. The Morgan fingerprint density at radius 1 is 1.00 bits per heavy atom. The Labute approximate surface area is 125 Å². The highest BCUT2D eigenvalue weighted by Gasteiger charge is 2.25. The SMILES string of the molecule is C=CCN.O=S(=O)(O)CCCCCCCCCC(F)(F)F. The van der Waals surface area contributed by atoms with Crippen LogP contribution in [0.4, 0.5) is 13.2 Å². The summed E-state index contributed by atoms with van der Waals surface area (Å²) in [6.45, 7) is 3.94. The number of halogens is 3. The van der Waals surface area contributed by atoms with Gasteiger partial charge in [-0.1, -0.05) is 38.2 Å². The molecule has 0 bridgehead atoms. The predicted molar refractivity (Wildman–Crippen MR) is 78.7 cm³/mol. The maximum absolute atomic E-state index is 11.8. The van der Waals surface area contributed by atoms with Crippen molar-refractivity contribution in [3.8, 4) is 0 Å². The second kappa shape index (κ2) is 13.1. The predicted octanol–water partition coefficient (Wildman–Crippen LogP) is 3.69. The zero-order chi connectivity index (χ0) is 16.8. The number of hydrogen-bond acceptors (Lipinski definition) is 3. The summed E-state index contributed by atoms with van der Waals surface area (Å²) in [5.41, 5.74) is 4.91. The van der Waals surface area contributed by atoms with E-state index in [1.165, 1.54) is 0 Å². The van der Waals surface area contributed by atoms with Gasteiger partial charge in [-0.2, -0.15) is 21.6 Å². The van der Waals surface area contributed by atoms with Crippen LogP contribution >= 0.6 is 0 Å². The van der Waals surface area contributed by atoms with E-state index in [-0.39, 0.29) is 12.2 Å². The van der Waals surface area contributed by atoms with Gasteiger partial charge in [-0.25, -0.2) is 0 Å². The summed E-state index contributed by atoms with van der Waals surface area (Å²) in [6.07, 6.45) is 1.00. The third kappa shape index (κ3) is 28.3. The van der Waals surface area contributed by atoms with Gasteiger partial charge in [0.1, 0.15) is 0 Å². The number of hydrogen-bond donors (Lipinski definition) is 2. The van der Waals surface area contributed by atoms with Crippen LogP contribution in [0.25, 0.3) is 0 Å². The van der Waals surface area contributed by atoms with Crippen LogP contribution in [0.5, 0.6) is 0 Å². The van der Waals surface area contributed by atoms with Crippen molar-refractivity contribution >= 4 is 10.1 Å². The molecule has 0 aromatic carbocycles. The Bertz CT molecular complexity index is 343. The molecule has 0 aromatic heterocycles. The fourth-order valence-corrected chi connectivity index (χ4v) is 2.06. The van der Waals surface area contributed by atoms with E-state index in [9.17, 15) is 21.6 Å². The topological polar surface area (TPSA) is 80.4 Å². The summed E-state index contributed by atoms with van der Waals surface area (Å²) in [6, 6.07) is 0. The summed E-state index contributed by atoms with van der Waals surface area (Å²) in [4.78, 5) is 0. The molecule has 8 heteroatoms. The zero-order valence-corrected chi connectivity index (χ0v) is 13.1. The molecule has 128 valence electrons. The summed E-state index contributed by atoms with van der Waals surface area (Å²) in [5, 5.41) is 0. The van der Waals surface area contributed by atoms with Crippen molar-refractivity contribution in [1.29, 1.82) is 0 Å². The molecule has 4 nitrogen and oxygen atoms in total. The average molecular weight is 333 g/mol. The first kappa shape index (κ1) is 22.7. The highest BCUT2D eigenvalue weighted by molar-refractivity contribution is 7.85. The smallest absolute Gasteiger partial charge is 0.327 e. The number of unbranched alkanes of at least 4 members (excludes halogenated alkanes) is 6. The lowest BCUT2D eigenvalue weighted by Crippen LogP contribution is -2.06. The normalized spacial score (nSPS) is 11.7. The Kier molecular flexibility index (Phi) is 14.1. The van der Waals surface area contributed by atoms with E-state index in [1.807, 2.05) is 0 Å². The van der Waals surface area contributed by atoms with Crippen LogP contribution in [0, 0.1) is 0 Å². The van der Waals surface area contributed by atoms with Crippen molar-refractivity contribution in [2.24, 2.45) is 5.73 Å². The molecule has 0 unspecified atom stereocenters. The van der Waals surface area contributed by atoms with Crippen LogP contribution in [-0.2, 0) is 10.1 Å². The van der Waals surface area contributed by atoms with Gasteiger partial charge in [0, 0.05) is 13.0 Å². The van der Waals surface area contributed by atoms with E-state index in [0.717, 1.165) is 19.3 Å². The molecule has 0 amide bonds. The minimum atomic E-state index is -4.06. The molecule has 0 aliphatic carbocycles. The molecule has 21 heavy (non-hydrogen) atoms.